The molecule has 1 aliphatic carbocycles. The first kappa shape index (κ1) is 17.8. The maximum atomic E-state index is 12.4. The first-order chi connectivity index (χ1) is 11.9. The van der Waals surface area contributed by atoms with Gasteiger partial charge in [-0.1, -0.05) is 0 Å². The summed E-state index contributed by atoms with van der Waals surface area (Å²) in [6.45, 7) is 0.592. The van der Waals surface area contributed by atoms with Gasteiger partial charge in [-0.15, -0.1) is 0 Å². The Balaban J connectivity index is 1.44. The highest BCUT2D eigenvalue weighted by molar-refractivity contribution is 7.91. The number of likely N-dealkylation sites (N-methyl/N-ethyl adjacent to an activating group) is 1. The minimum absolute atomic E-state index is 0.00983. The van der Waals surface area contributed by atoms with Crippen LogP contribution in [0.4, 0.5) is 0 Å². The van der Waals surface area contributed by atoms with Crippen LogP contribution in [-0.4, -0.2) is 61.3 Å². The smallest absolute Gasteiger partial charge is 0.226 e. The molecule has 2 fully saturated rings. The summed E-state index contributed by atoms with van der Waals surface area (Å²) in [5, 5.41) is 2.78. The van der Waals surface area contributed by atoms with Gasteiger partial charge in [0, 0.05) is 32.0 Å². The van der Waals surface area contributed by atoms with Crippen molar-refractivity contribution in [2.45, 2.75) is 25.3 Å². The van der Waals surface area contributed by atoms with Gasteiger partial charge in [-0.3, -0.25) is 14.6 Å². The lowest BCUT2D eigenvalue weighted by atomic mass is 10.2. The number of carbonyl (C=O) groups is 2. The molecule has 1 saturated heterocycles. The van der Waals surface area contributed by atoms with E-state index in [1.807, 2.05) is 12.1 Å². The van der Waals surface area contributed by atoms with Gasteiger partial charge in [-0.25, -0.2) is 8.42 Å². The number of sulfone groups is 1. The average Bonchev–Trinajstić information content (AvgIpc) is 3.31. The third-order valence-electron chi connectivity index (χ3n) is 4.88. The van der Waals surface area contributed by atoms with Crippen LogP contribution in [0.15, 0.2) is 24.5 Å². The van der Waals surface area contributed by atoms with Crippen LogP contribution >= 0.6 is 0 Å². The highest BCUT2D eigenvalue weighted by Gasteiger charge is 2.49. The molecule has 136 valence electrons. The van der Waals surface area contributed by atoms with Gasteiger partial charge in [-0.2, -0.15) is 0 Å². The molecule has 2 amide bonds. The lowest BCUT2D eigenvalue weighted by Crippen LogP contribution is -2.38. The number of hydrogen-bond donors (Lipinski definition) is 1. The van der Waals surface area contributed by atoms with Crippen molar-refractivity contribution in [3.63, 3.8) is 0 Å². The topological polar surface area (TPSA) is 96.4 Å². The fourth-order valence-electron chi connectivity index (χ4n) is 3.21. The fourth-order valence-corrected chi connectivity index (χ4v) is 4.89. The summed E-state index contributed by atoms with van der Waals surface area (Å²) in [6.07, 6.45) is 5.20. The van der Waals surface area contributed by atoms with Crippen LogP contribution in [0.25, 0.3) is 0 Å². The van der Waals surface area contributed by atoms with Crippen molar-refractivity contribution in [3.8, 4) is 0 Å². The van der Waals surface area contributed by atoms with Gasteiger partial charge in [0.2, 0.25) is 11.8 Å². The minimum atomic E-state index is -3.02. The molecule has 25 heavy (non-hydrogen) atoms. The van der Waals surface area contributed by atoms with Gasteiger partial charge in [0.1, 0.15) is 0 Å². The standard InChI is InChI=1S/C17H23N3O4S/c1-20(8-4-12-2-6-18-7-3-12)17(22)15-10-14(15)16(21)19-13-5-9-25(23,24)11-13/h2-3,6-7,13-15H,4-5,8-11H2,1H3,(H,19,21). The van der Waals surface area contributed by atoms with Crippen molar-refractivity contribution in [3.05, 3.63) is 30.1 Å². The molecular weight excluding hydrogens is 342 g/mol. The lowest BCUT2D eigenvalue weighted by molar-refractivity contribution is -0.133. The van der Waals surface area contributed by atoms with Crippen LogP contribution in [0, 0.1) is 11.8 Å². The Morgan fingerprint density at radius 1 is 1.28 bits per heavy atom. The molecular formula is C17H23N3O4S. The number of pyridine rings is 1. The first-order valence-corrected chi connectivity index (χ1v) is 10.3. The Labute approximate surface area is 147 Å². The van der Waals surface area contributed by atoms with Gasteiger partial charge >= 0.3 is 0 Å². The van der Waals surface area contributed by atoms with Crippen LogP contribution in [0.1, 0.15) is 18.4 Å². The normalized spacial score (nSPS) is 26.8. The SMILES string of the molecule is CN(CCc1ccncc1)C(=O)C1CC1C(=O)NC1CCS(=O)(=O)C1. The number of nitrogens with one attached hydrogen (secondary N) is 1. The van der Waals surface area contributed by atoms with E-state index in [0.29, 0.717) is 19.4 Å². The zero-order valence-corrected chi connectivity index (χ0v) is 15.0. The van der Waals surface area contributed by atoms with Crippen LogP contribution in [0.2, 0.25) is 0 Å². The molecule has 1 aliphatic heterocycles. The summed E-state index contributed by atoms with van der Waals surface area (Å²) in [7, 11) is -1.27. The predicted octanol–water partition coefficient (Wildman–Crippen LogP) is 0.0219. The molecule has 3 atom stereocenters. The largest absolute Gasteiger partial charge is 0.352 e. The number of hydrogen-bond acceptors (Lipinski definition) is 5. The van der Waals surface area contributed by atoms with E-state index >= 15 is 0 Å². The Morgan fingerprint density at radius 2 is 2.00 bits per heavy atom. The van der Waals surface area contributed by atoms with Crippen molar-refractivity contribution >= 4 is 21.7 Å². The first-order valence-electron chi connectivity index (χ1n) is 8.50. The van der Waals surface area contributed by atoms with Gasteiger partial charge < -0.3 is 10.2 Å². The molecule has 0 bridgehead atoms. The molecule has 3 unspecified atom stereocenters. The second kappa shape index (κ2) is 7.11. The molecule has 0 radical (unpaired) electrons. The van der Waals surface area contributed by atoms with Crippen LogP contribution in [0.5, 0.6) is 0 Å². The van der Waals surface area contributed by atoms with Crippen LogP contribution in [-0.2, 0) is 25.8 Å². The summed E-state index contributed by atoms with van der Waals surface area (Å²) in [4.78, 5) is 30.3. The zero-order chi connectivity index (χ0) is 18.0. The Kier molecular flexibility index (Phi) is 5.08. The molecule has 0 spiro atoms. The predicted molar refractivity (Wildman–Crippen MR) is 92.4 cm³/mol. The maximum absolute atomic E-state index is 12.4. The summed E-state index contributed by atoms with van der Waals surface area (Å²) in [6, 6.07) is 3.53. The van der Waals surface area contributed by atoms with Crippen molar-refractivity contribution in [1.29, 1.82) is 0 Å². The van der Waals surface area contributed by atoms with Crippen molar-refractivity contribution in [2.75, 3.05) is 25.1 Å². The second-order valence-electron chi connectivity index (χ2n) is 6.92. The molecule has 1 saturated carbocycles. The molecule has 1 aromatic rings. The number of rotatable bonds is 6. The maximum Gasteiger partial charge on any atom is 0.226 e. The van der Waals surface area contributed by atoms with Gasteiger partial charge in [-0.05, 0) is 37.0 Å². The monoisotopic (exact) mass is 365 g/mol. The van der Waals surface area contributed by atoms with E-state index in [1.165, 1.54) is 0 Å². The van der Waals surface area contributed by atoms with E-state index in [9.17, 15) is 18.0 Å². The molecule has 1 aromatic heterocycles. The Bertz CT molecular complexity index is 750. The van der Waals surface area contributed by atoms with E-state index in [2.05, 4.69) is 10.3 Å². The van der Waals surface area contributed by atoms with Crippen molar-refractivity contribution < 1.29 is 18.0 Å². The number of nitrogens with zero attached hydrogens (tertiary/aromatic N) is 2. The van der Waals surface area contributed by atoms with E-state index in [4.69, 9.17) is 0 Å². The van der Waals surface area contributed by atoms with E-state index < -0.39 is 9.84 Å². The molecule has 0 aromatic carbocycles. The van der Waals surface area contributed by atoms with Crippen molar-refractivity contribution in [2.24, 2.45) is 11.8 Å². The lowest BCUT2D eigenvalue weighted by Gasteiger charge is -2.17. The summed E-state index contributed by atoms with van der Waals surface area (Å²) in [5.74, 6) is -0.672. The van der Waals surface area contributed by atoms with Gasteiger partial charge in [0.25, 0.3) is 0 Å². The van der Waals surface area contributed by atoms with Crippen LogP contribution in [0.3, 0.4) is 0 Å². The average molecular weight is 365 g/mol. The highest BCUT2D eigenvalue weighted by Crippen LogP contribution is 2.40. The Hall–Kier alpha value is -1.96. The van der Waals surface area contributed by atoms with E-state index in [0.717, 1.165) is 12.0 Å². The second-order valence-corrected chi connectivity index (χ2v) is 9.15. The third-order valence-corrected chi connectivity index (χ3v) is 6.65. The highest BCUT2D eigenvalue weighted by atomic mass is 32.2. The fraction of sp³-hybridized carbons (Fsp3) is 0.588. The number of aromatic nitrogens is 1. The van der Waals surface area contributed by atoms with E-state index in [1.54, 1.807) is 24.3 Å². The zero-order valence-electron chi connectivity index (χ0n) is 14.2. The molecule has 8 heteroatoms. The Morgan fingerprint density at radius 3 is 2.64 bits per heavy atom. The summed E-state index contributed by atoms with van der Waals surface area (Å²) in [5.41, 5.74) is 1.11. The summed E-state index contributed by atoms with van der Waals surface area (Å²) < 4.78 is 22.9. The molecule has 7 nitrogen and oxygen atoms in total. The quantitative estimate of drug-likeness (QED) is 0.767. The molecule has 2 heterocycles. The molecule has 3 rings (SSSR count). The number of amides is 2. The third kappa shape index (κ3) is 4.56. The number of carbonyl (C=O) groups excluding carboxylic acids is 2. The van der Waals surface area contributed by atoms with Crippen LogP contribution < -0.4 is 5.32 Å². The summed E-state index contributed by atoms with van der Waals surface area (Å²) >= 11 is 0. The van der Waals surface area contributed by atoms with Crippen molar-refractivity contribution in [1.82, 2.24) is 15.2 Å². The van der Waals surface area contributed by atoms with E-state index in [-0.39, 0.29) is 41.2 Å². The molecule has 1 N–H and O–H groups in total. The van der Waals surface area contributed by atoms with Gasteiger partial charge in [0.15, 0.2) is 9.84 Å². The molecule has 2 aliphatic rings. The minimum Gasteiger partial charge on any atom is -0.352 e. The van der Waals surface area contributed by atoms with Gasteiger partial charge in [0.05, 0.1) is 23.3 Å².